The molecule has 1 aliphatic rings. The van der Waals surface area contributed by atoms with E-state index in [9.17, 15) is 14.4 Å². The topological polar surface area (TPSA) is 57.7 Å². The molecule has 3 amide bonds. The molecule has 0 bridgehead atoms. The third-order valence-corrected chi connectivity index (χ3v) is 6.15. The summed E-state index contributed by atoms with van der Waals surface area (Å²) in [5.41, 5.74) is 3.59. The number of nitrogens with zero attached hydrogens (tertiary/aromatic N) is 2. The van der Waals surface area contributed by atoms with Crippen molar-refractivity contribution in [1.29, 1.82) is 0 Å². The van der Waals surface area contributed by atoms with E-state index in [2.05, 4.69) is 6.07 Å². The summed E-state index contributed by atoms with van der Waals surface area (Å²) < 4.78 is 0. The van der Waals surface area contributed by atoms with Gasteiger partial charge in [-0.1, -0.05) is 62.7 Å². The Hall–Kier alpha value is -3.47. The maximum atomic E-state index is 13.3. The predicted octanol–water partition coefficient (Wildman–Crippen LogP) is 5.52. The van der Waals surface area contributed by atoms with Gasteiger partial charge in [0.1, 0.15) is 0 Å². The molecule has 3 aromatic rings. The average Bonchev–Trinajstić information content (AvgIpc) is 2.76. The summed E-state index contributed by atoms with van der Waals surface area (Å²) in [5.74, 6) is -0.533. The molecule has 0 fully saturated rings. The SMILES string of the molecule is Cc1ccc(N(CCCN2C(=O)c3cccc4cccc(c34)C2=O)C(=O)C(C)(C)C)c(C)c1. The normalized spacial score (nSPS) is 13.5. The highest BCUT2D eigenvalue weighted by atomic mass is 16.2. The Morgan fingerprint density at radius 2 is 1.52 bits per heavy atom. The number of anilines is 1. The van der Waals surface area contributed by atoms with Crippen LogP contribution in [0.2, 0.25) is 0 Å². The van der Waals surface area contributed by atoms with Crippen LogP contribution in [0.3, 0.4) is 0 Å². The fourth-order valence-electron chi connectivity index (χ4n) is 4.51. The molecular formula is C28H30N2O3. The lowest BCUT2D eigenvalue weighted by Crippen LogP contribution is -2.44. The molecule has 0 atom stereocenters. The van der Waals surface area contributed by atoms with Crippen molar-refractivity contribution >= 4 is 34.2 Å². The lowest BCUT2D eigenvalue weighted by atomic mass is 9.93. The summed E-state index contributed by atoms with van der Waals surface area (Å²) in [6, 6.07) is 17.1. The van der Waals surface area contributed by atoms with Crippen LogP contribution in [0, 0.1) is 19.3 Å². The van der Waals surface area contributed by atoms with E-state index in [1.165, 1.54) is 4.90 Å². The number of carbonyl (C=O) groups is 3. The lowest BCUT2D eigenvalue weighted by Gasteiger charge is -2.32. The number of rotatable bonds is 5. The molecule has 5 heteroatoms. The minimum absolute atomic E-state index is 0.0147. The molecule has 0 spiro atoms. The largest absolute Gasteiger partial charge is 0.312 e. The monoisotopic (exact) mass is 442 g/mol. The average molecular weight is 443 g/mol. The van der Waals surface area contributed by atoms with Gasteiger partial charge in [0.2, 0.25) is 5.91 Å². The Balaban J connectivity index is 1.58. The summed E-state index contributed by atoms with van der Waals surface area (Å²) in [4.78, 5) is 42.7. The van der Waals surface area contributed by atoms with Crippen LogP contribution in [0.1, 0.15) is 59.0 Å². The molecule has 3 aromatic carbocycles. The Bertz CT molecular complexity index is 1220. The second-order valence-electron chi connectivity index (χ2n) is 9.82. The van der Waals surface area contributed by atoms with Crippen molar-refractivity contribution in [2.24, 2.45) is 5.41 Å². The van der Waals surface area contributed by atoms with Gasteiger partial charge in [0.05, 0.1) is 0 Å². The highest BCUT2D eigenvalue weighted by Gasteiger charge is 2.33. The molecule has 170 valence electrons. The molecule has 5 nitrogen and oxygen atoms in total. The quantitative estimate of drug-likeness (QED) is 0.489. The van der Waals surface area contributed by atoms with Crippen LogP contribution >= 0.6 is 0 Å². The zero-order chi connectivity index (χ0) is 23.9. The third kappa shape index (κ3) is 4.15. The second-order valence-corrected chi connectivity index (χ2v) is 9.82. The number of carbonyl (C=O) groups excluding carboxylic acids is 3. The minimum atomic E-state index is -0.553. The molecule has 0 saturated carbocycles. The van der Waals surface area contributed by atoms with Gasteiger partial charge in [-0.05, 0) is 49.4 Å². The standard InChI is InChI=1S/C28H30N2O3/c1-18-13-14-23(19(2)17-18)29(27(33)28(3,4)5)15-8-16-30-25(31)21-11-6-9-20-10-7-12-22(24(20)21)26(30)32/h6-7,9-14,17H,8,15-16H2,1-5H3. The molecule has 4 rings (SSSR count). The van der Waals surface area contributed by atoms with Gasteiger partial charge in [-0.25, -0.2) is 0 Å². The first kappa shape index (κ1) is 22.7. The fraction of sp³-hybridized carbons (Fsp3) is 0.321. The Labute approximate surface area is 195 Å². The van der Waals surface area contributed by atoms with Crippen LogP contribution in [0.5, 0.6) is 0 Å². The summed E-state index contributed by atoms with van der Waals surface area (Å²) in [6.07, 6.45) is 0.491. The predicted molar refractivity (Wildman–Crippen MR) is 132 cm³/mol. The zero-order valence-electron chi connectivity index (χ0n) is 19.9. The third-order valence-electron chi connectivity index (χ3n) is 6.15. The highest BCUT2D eigenvalue weighted by molar-refractivity contribution is 6.25. The van der Waals surface area contributed by atoms with Gasteiger partial charge < -0.3 is 4.90 Å². The van der Waals surface area contributed by atoms with Gasteiger partial charge in [0.25, 0.3) is 11.8 Å². The van der Waals surface area contributed by atoms with Crippen LogP contribution in [-0.4, -0.2) is 35.7 Å². The van der Waals surface area contributed by atoms with Gasteiger partial charge in [0.15, 0.2) is 0 Å². The van der Waals surface area contributed by atoms with Crippen LogP contribution in [0.25, 0.3) is 10.8 Å². The minimum Gasteiger partial charge on any atom is -0.312 e. The van der Waals surface area contributed by atoms with E-state index in [1.54, 1.807) is 17.0 Å². The van der Waals surface area contributed by atoms with Crippen LogP contribution in [-0.2, 0) is 4.79 Å². The lowest BCUT2D eigenvalue weighted by molar-refractivity contribution is -0.125. The van der Waals surface area contributed by atoms with Crippen molar-refractivity contribution in [3.8, 4) is 0 Å². The van der Waals surface area contributed by atoms with Crippen molar-refractivity contribution in [3.63, 3.8) is 0 Å². The van der Waals surface area contributed by atoms with E-state index in [0.717, 1.165) is 27.6 Å². The summed E-state index contributed by atoms with van der Waals surface area (Å²) in [6.45, 7) is 10.4. The van der Waals surface area contributed by atoms with E-state index in [1.807, 2.05) is 71.0 Å². The van der Waals surface area contributed by atoms with E-state index in [4.69, 9.17) is 0 Å². The van der Waals surface area contributed by atoms with Crippen LogP contribution in [0.4, 0.5) is 5.69 Å². The number of amides is 3. The van der Waals surface area contributed by atoms with Crippen LogP contribution < -0.4 is 4.90 Å². The number of benzene rings is 3. The maximum absolute atomic E-state index is 13.3. The fourth-order valence-corrected chi connectivity index (χ4v) is 4.51. The molecule has 1 heterocycles. The second kappa shape index (κ2) is 8.47. The first-order chi connectivity index (χ1) is 15.6. The Kier molecular flexibility index (Phi) is 5.83. The first-order valence-electron chi connectivity index (χ1n) is 11.4. The Morgan fingerprint density at radius 1 is 0.909 bits per heavy atom. The first-order valence-corrected chi connectivity index (χ1v) is 11.4. The summed E-state index contributed by atoms with van der Waals surface area (Å²) in [7, 11) is 0. The van der Waals surface area contributed by atoms with Crippen molar-refractivity contribution in [1.82, 2.24) is 4.90 Å². The molecule has 0 saturated heterocycles. The maximum Gasteiger partial charge on any atom is 0.261 e. The molecule has 0 radical (unpaired) electrons. The molecule has 33 heavy (non-hydrogen) atoms. The van der Waals surface area contributed by atoms with Gasteiger partial charge >= 0.3 is 0 Å². The van der Waals surface area contributed by atoms with Gasteiger partial charge in [-0.3, -0.25) is 19.3 Å². The summed E-state index contributed by atoms with van der Waals surface area (Å²) in [5, 5.41) is 1.62. The number of aryl methyl sites for hydroxylation is 2. The summed E-state index contributed by atoms with van der Waals surface area (Å²) >= 11 is 0. The Morgan fingerprint density at radius 3 is 2.06 bits per heavy atom. The van der Waals surface area contributed by atoms with Crippen molar-refractivity contribution in [3.05, 3.63) is 76.9 Å². The molecular weight excluding hydrogens is 412 g/mol. The smallest absolute Gasteiger partial charge is 0.261 e. The van der Waals surface area contributed by atoms with Crippen LogP contribution in [0.15, 0.2) is 54.6 Å². The van der Waals surface area contributed by atoms with Gasteiger partial charge in [0, 0.05) is 40.7 Å². The van der Waals surface area contributed by atoms with Gasteiger partial charge in [-0.2, -0.15) is 0 Å². The molecule has 0 unspecified atom stereocenters. The number of imide groups is 1. The van der Waals surface area contributed by atoms with E-state index >= 15 is 0 Å². The van der Waals surface area contributed by atoms with E-state index < -0.39 is 5.41 Å². The molecule has 0 aromatic heterocycles. The zero-order valence-corrected chi connectivity index (χ0v) is 19.9. The molecule has 1 aliphatic heterocycles. The van der Waals surface area contributed by atoms with Crippen molar-refractivity contribution in [2.75, 3.05) is 18.0 Å². The molecule has 0 aliphatic carbocycles. The number of hydrogen-bond acceptors (Lipinski definition) is 3. The van der Waals surface area contributed by atoms with Gasteiger partial charge in [-0.15, -0.1) is 0 Å². The molecule has 0 N–H and O–H groups in total. The van der Waals surface area contributed by atoms with Crippen molar-refractivity contribution in [2.45, 2.75) is 41.0 Å². The van der Waals surface area contributed by atoms with Crippen molar-refractivity contribution < 1.29 is 14.4 Å². The van der Waals surface area contributed by atoms with E-state index in [-0.39, 0.29) is 24.3 Å². The van der Waals surface area contributed by atoms with E-state index in [0.29, 0.717) is 24.1 Å². The highest BCUT2D eigenvalue weighted by Crippen LogP contribution is 2.31. The number of hydrogen-bond donors (Lipinski definition) is 0.